The lowest BCUT2D eigenvalue weighted by molar-refractivity contribution is -0.143. The Balaban J connectivity index is 3.57. The number of esters is 1. The molecule has 0 saturated carbocycles. The molecule has 0 aromatic rings. The molecule has 0 rings (SSSR count). The van der Waals surface area contributed by atoms with E-state index in [0.717, 1.165) is 51.4 Å². The maximum absolute atomic E-state index is 12.3. The van der Waals surface area contributed by atoms with E-state index in [2.05, 4.69) is 49.5 Å². The minimum Gasteiger partial charge on any atom is -0.466 e. The van der Waals surface area contributed by atoms with Crippen LogP contribution in [0.5, 0.6) is 0 Å². The molecular formula is C49H89NO5. The van der Waals surface area contributed by atoms with Crippen molar-refractivity contribution in [3.05, 3.63) is 48.6 Å². The molecule has 0 saturated heterocycles. The normalized spacial score (nSPS) is 13.2. The summed E-state index contributed by atoms with van der Waals surface area (Å²) in [5, 5.41) is 22.8. The highest BCUT2D eigenvalue weighted by molar-refractivity contribution is 5.76. The summed E-state index contributed by atoms with van der Waals surface area (Å²) in [5.41, 5.74) is 0. The van der Waals surface area contributed by atoms with E-state index < -0.39 is 12.1 Å². The number of allylic oxidation sites excluding steroid dienone is 7. The highest BCUT2D eigenvalue weighted by atomic mass is 16.5. The predicted octanol–water partition coefficient (Wildman–Crippen LogP) is 13.5. The quantitative estimate of drug-likeness (QED) is 0.0326. The first-order chi connectivity index (χ1) is 27.0. The molecule has 6 heteroatoms. The standard InChI is InChI=1S/C49H89NO5/c1-3-5-7-9-11-13-14-15-16-17-20-23-27-31-35-39-43-49(54)55-44-40-36-32-28-24-21-18-19-22-26-30-34-38-42-48(53)50-46(45-51)47(52)41-37-33-29-25-12-10-8-6-4-2/h16-17,19,22,30,34,37,41,46-47,51-52H,3-15,18,20-21,23-29,31-33,35-36,38-40,42-45H2,1-2H3,(H,50,53)/b17-16-,22-19-,34-30-,41-37+. The Hall–Kier alpha value is -2.18. The highest BCUT2D eigenvalue weighted by Crippen LogP contribution is 2.13. The van der Waals surface area contributed by atoms with Gasteiger partial charge in [-0.05, 0) is 77.0 Å². The van der Waals surface area contributed by atoms with Crippen LogP contribution in [0, 0.1) is 0 Å². The van der Waals surface area contributed by atoms with E-state index in [1.807, 2.05) is 12.2 Å². The molecule has 2 atom stereocenters. The number of carbonyl (C=O) groups is 2. The van der Waals surface area contributed by atoms with Crippen molar-refractivity contribution in [3.8, 4) is 0 Å². The van der Waals surface area contributed by atoms with E-state index >= 15 is 0 Å². The monoisotopic (exact) mass is 772 g/mol. The minimum absolute atomic E-state index is 0.0276. The number of aliphatic hydroxyl groups is 2. The fraction of sp³-hybridized carbons (Fsp3) is 0.796. The zero-order valence-electron chi connectivity index (χ0n) is 36.1. The number of hydrogen-bond donors (Lipinski definition) is 3. The van der Waals surface area contributed by atoms with Crippen LogP contribution >= 0.6 is 0 Å². The van der Waals surface area contributed by atoms with E-state index in [-0.39, 0.29) is 18.5 Å². The number of amides is 1. The van der Waals surface area contributed by atoms with Gasteiger partial charge >= 0.3 is 5.97 Å². The number of ether oxygens (including phenoxy) is 1. The molecule has 320 valence electrons. The molecule has 0 aliphatic heterocycles. The van der Waals surface area contributed by atoms with Crippen molar-refractivity contribution < 1.29 is 24.5 Å². The Morgan fingerprint density at radius 2 is 0.927 bits per heavy atom. The largest absolute Gasteiger partial charge is 0.466 e. The van der Waals surface area contributed by atoms with Gasteiger partial charge in [0, 0.05) is 12.8 Å². The molecule has 3 N–H and O–H groups in total. The molecule has 0 radical (unpaired) electrons. The summed E-state index contributed by atoms with van der Waals surface area (Å²) in [5.74, 6) is -0.181. The number of aliphatic hydroxyl groups excluding tert-OH is 2. The topological polar surface area (TPSA) is 95.9 Å². The molecular weight excluding hydrogens is 683 g/mol. The molecule has 0 aliphatic carbocycles. The average Bonchev–Trinajstić information content (AvgIpc) is 3.18. The van der Waals surface area contributed by atoms with E-state index in [4.69, 9.17) is 4.74 Å². The lowest BCUT2D eigenvalue weighted by atomic mass is 10.1. The molecule has 6 nitrogen and oxygen atoms in total. The SMILES string of the molecule is CCCCCCCCC/C=C\CCCCCCCC(=O)OCCCCCCCC/C=C\C/C=C\CCC(=O)NC(CO)C(O)/C=C/CCCCCCCCC. The van der Waals surface area contributed by atoms with Crippen molar-refractivity contribution in [1.29, 1.82) is 0 Å². The van der Waals surface area contributed by atoms with Crippen molar-refractivity contribution in [1.82, 2.24) is 5.32 Å². The number of nitrogens with one attached hydrogen (secondary N) is 1. The molecule has 0 aromatic heterocycles. The number of hydrogen-bond acceptors (Lipinski definition) is 5. The van der Waals surface area contributed by atoms with E-state index in [0.29, 0.717) is 25.9 Å². The number of rotatable bonds is 42. The van der Waals surface area contributed by atoms with E-state index in [9.17, 15) is 19.8 Å². The van der Waals surface area contributed by atoms with Gasteiger partial charge in [-0.1, -0.05) is 184 Å². The predicted molar refractivity (Wildman–Crippen MR) is 236 cm³/mol. The molecule has 0 fully saturated rings. The van der Waals surface area contributed by atoms with Crippen LogP contribution in [0.15, 0.2) is 48.6 Å². The van der Waals surface area contributed by atoms with Gasteiger partial charge in [0.15, 0.2) is 0 Å². The Morgan fingerprint density at radius 3 is 1.44 bits per heavy atom. The second-order valence-electron chi connectivity index (χ2n) is 15.7. The molecule has 55 heavy (non-hydrogen) atoms. The first-order valence-electron chi connectivity index (χ1n) is 23.4. The minimum atomic E-state index is -0.877. The number of unbranched alkanes of at least 4 members (excludes halogenated alkanes) is 25. The van der Waals surface area contributed by atoms with Crippen molar-refractivity contribution in [3.63, 3.8) is 0 Å². The third-order valence-corrected chi connectivity index (χ3v) is 10.3. The van der Waals surface area contributed by atoms with Crippen LogP contribution in [0.3, 0.4) is 0 Å². The Kier molecular flexibility index (Phi) is 42.8. The first kappa shape index (κ1) is 52.8. The Bertz CT molecular complexity index is 942. The van der Waals surface area contributed by atoms with Crippen molar-refractivity contribution in [2.75, 3.05) is 13.2 Å². The molecule has 2 unspecified atom stereocenters. The van der Waals surface area contributed by atoms with Gasteiger partial charge in [0.1, 0.15) is 0 Å². The molecule has 0 aromatic carbocycles. The van der Waals surface area contributed by atoms with Crippen molar-refractivity contribution >= 4 is 11.9 Å². The zero-order chi connectivity index (χ0) is 40.1. The van der Waals surface area contributed by atoms with Crippen LogP contribution in [0.1, 0.15) is 226 Å². The van der Waals surface area contributed by atoms with Gasteiger partial charge in [0.2, 0.25) is 5.91 Å². The second-order valence-corrected chi connectivity index (χ2v) is 15.7. The van der Waals surface area contributed by atoms with Gasteiger partial charge in [-0.25, -0.2) is 0 Å². The lowest BCUT2D eigenvalue weighted by Gasteiger charge is -2.19. The highest BCUT2D eigenvalue weighted by Gasteiger charge is 2.17. The van der Waals surface area contributed by atoms with Crippen LogP contribution in [0.4, 0.5) is 0 Å². The summed E-state index contributed by atoms with van der Waals surface area (Å²) in [7, 11) is 0. The first-order valence-corrected chi connectivity index (χ1v) is 23.4. The van der Waals surface area contributed by atoms with Gasteiger partial charge in [-0.3, -0.25) is 9.59 Å². The van der Waals surface area contributed by atoms with Gasteiger partial charge in [-0.2, -0.15) is 0 Å². The molecule has 1 amide bonds. The molecule has 0 spiro atoms. The summed E-state index contributed by atoms with van der Waals surface area (Å²) >= 11 is 0. The molecule has 0 heterocycles. The summed E-state index contributed by atoms with van der Waals surface area (Å²) in [6, 6.07) is -0.670. The Labute approximate surface area is 340 Å². The van der Waals surface area contributed by atoms with Crippen LogP contribution in [-0.4, -0.2) is 47.4 Å². The van der Waals surface area contributed by atoms with Gasteiger partial charge in [0.05, 0.1) is 25.4 Å². The summed E-state index contributed by atoms with van der Waals surface area (Å²) in [6.45, 7) is 4.78. The van der Waals surface area contributed by atoms with E-state index in [1.54, 1.807) is 6.08 Å². The fourth-order valence-electron chi connectivity index (χ4n) is 6.67. The average molecular weight is 772 g/mol. The van der Waals surface area contributed by atoms with Crippen molar-refractivity contribution in [2.24, 2.45) is 0 Å². The summed E-state index contributed by atoms with van der Waals surface area (Å²) < 4.78 is 5.44. The van der Waals surface area contributed by atoms with Crippen LogP contribution in [0.25, 0.3) is 0 Å². The second kappa shape index (κ2) is 44.5. The smallest absolute Gasteiger partial charge is 0.305 e. The van der Waals surface area contributed by atoms with Gasteiger partial charge in [-0.15, -0.1) is 0 Å². The van der Waals surface area contributed by atoms with Crippen LogP contribution < -0.4 is 5.32 Å². The number of carbonyl (C=O) groups excluding carboxylic acids is 2. The lowest BCUT2D eigenvalue weighted by Crippen LogP contribution is -2.45. The van der Waals surface area contributed by atoms with Crippen molar-refractivity contribution in [2.45, 2.75) is 238 Å². The maximum Gasteiger partial charge on any atom is 0.305 e. The zero-order valence-corrected chi connectivity index (χ0v) is 36.1. The van der Waals surface area contributed by atoms with Crippen LogP contribution in [0.2, 0.25) is 0 Å². The maximum atomic E-state index is 12.3. The molecule has 0 bridgehead atoms. The summed E-state index contributed by atoms with van der Waals surface area (Å²) in [4.78, 5) is 24.3. The van der Waals surface area contributed by atoms with Gasteiger partial charge in [0.25, 0.3) is 0 Å². The molecule has 0 aliphatic rings. The van der Waals surface area contributed by atoms with Crippen LogP contribution in [-0.2, 0) is 14.3 Å². The Morgan fingerprint density at radius 1 is 0.509 bits per heavy atom. The fourth-order valence-corrected chi connectivity index (χ4v) is 6.67. The third kappa shape index (κ3) is 41.3. The van der Waals surface area contributed by atoms with E-state index in [1.165, 1.54) is 141 Å². The van der Waals surface area contributed by atoms with Gasteiger partial charge < -0.3 is 20.3 Å². The third-order valence-electron chi connectivity index (χ3n) is 10.3. The summed E-state index contributed by atoms with van der Waals surface area (Å²) in [6.07, 6.45) is 54.1.